The first-order chi connectivity index (χ1) is 12.0. The number of aliphatic hydroxyl groups excluding tert-OH is 4. The summed E-state index contributed by atoms with van der Waals surface area (Å²) < 4.78 is 5.40. The molecule has 0 aliphatic carbocycles. The zero-order valence-corrected chi connectivity index (χ0v) is 13.8. The Balaban J connectivity index is 1.73. The van der Waals surface area contributed by atoms with Gasteiger partial charge in [0.05, 0.1) is 6.61 Å². The van der Waals surface area contributed by atoms with Gasteiger partial charge in [-0.3, -0.25) is 0 Å². The fourth-order valence-electron chi connectivity index (χ4n) is 2.78. The molecule has 0 radical (unpaired) electrons. The molecule has 9 heteroatoms. The number of rotatable bonds is 5. The number of hydrogen-bond donors (Lipinski definition) is 4. The fourth-order valence-corrected chi connectivity index (χ4v) is 2.78. The Morgan fingerprint density at radius 2 is 1.72 bits per heavy atom. The van der Waals surface area contributed by atoms with E-state index in [-0.39, 0.29) is 0 Å². The third kappa shape index (κ3) is 3.70. The lowest BCUT2D eigenvalue weighted by Gasteiger charge is -2.38. The molecule has 25 heavy (non-hydrogen) atoms. The van der Waals surface area contributed by atoms with Gasteiger partial charge in [0, 0.05) is 6.42 Å². The Kier molecular flexibility index (Phi) is 5.40. The minimum atomic E-state index is -1.48. The van der Waals surface area contributed by atoms with Gasteiger partial charge in [-0.15, -0.1) is 15.0 Å². The van der Waals surface area contributed by atoms with Crippen molar-refractivity contribution in [3.05, 3.63) is 41.2 Å². The first-order valence-corrected chi connectivity index (χ1v) is 8.20. The molecule has 1 aromatic heterocycles. The van der Waals surface area contributed by atoms with Crippen LogP contribution < -0.4 is 0 Å². The van der Waals surface area contributed by atoms with Crippen molar-refractivity contribution >= 4 is 0 Å². The van der Waals surface area contributed by atoms with Crippen LogP contribution in [0.25, 0.3) is 0 Å². The predicted molar refractivity (Wildman–Crippen MR) is 85.5 cm³/mol. The van der Waals surface area contributed by atoms with E-state index in [1.807, 2.05) is 24.3 Å². The summed E-state index contributed by atoms with van der Waals surface area (Å²) in [6.07, 6.45) is -5.07. The summed E-state index contributed by atoms with van der Waals surface area (Å²) >= 11 is 0. The number of ether oxygens (including phenoxy) is 1. The van der Waals surface area contributed by atoms with Crippen LogP contribution in [0.3, 0.4) is 0 Å². The Hall–Kier alpha value is -1.91. The van der Waals surface area contributed by atoms with Gasteiger partial charge in [0.15, 0.2) is 12.1 Å². The molecule has 0 saturated carbocycles. The first-order valence-electron chi connectivity index (χ1n) is 8.20. The maximum Gasteiger partial charge on any atom is 0.199 e. The van der Waals surface area contributed by atoms with Gasteiger partial charge in [-0.05, 0) is 22.8 Å². The lowest BCUT2D eigenvalue weighted by molar-refractivity contribution is -0.257. The van der Waals surface area contributed by atoms with E-state index < -0.39 is 37.3 Å². The van der Waals surface area contributed by atoms with Crippen LogP contribution in [0.4, 0.5) is 0 Å². The summed E-state index contributed by atoms with van der Waals surface area (Å²) in [5.41, 5.74) is 2.26. The van der Waals surface area contributed by atoms with Gasteiger partial charge in [0.1, 0.15) is 24.4 Å². The Bertz CT molecular complexity index is 690. The summed E-state index contributed by atoms with van der Waals surface area (Å²) in [5, 5.41) is 51.0. The van der Waals surface area contributed by atoms with Crippen molar-refractivity contribution in [3.8, 4) is 0 Å². The molecule has 1 aromatic carbocycles. The molecule has 5 atom stereocenters. The van der Waals surface area contributed by atoms with E-state index in [9.17, 15) is 20.4 Å². The van der Waals surface area contributed by atoms with E-state index in [1.54, 1.807) is 0 Å². The van der Waals surface area contributed by atoms with Crippen molar-refractivity contribution in [1.82, 2.24) is 20.2 Å². The van der Waals surface area contributed by atoms with Crippen LogP contribution in [0, 0.1) is 0 Å². The van der Waals surface area contributed by atoms with E-state index in [0.29, 0.717) is 12.2 Å². The highest BCUT2D eigenvalue weighted by Crippen LogP contribution is 2.27. The van der Waals surface area contributed by atoms with E-state index >= 15 is 0 Å². The Morgan fingerprint density at radius 1 is 1.04 bits per heavy atom. The van der Waals surface area contributed by atoms with Gasteiger partial charge in [-0.2, -0.15) is 0 Å². The molecule has 1 aliphatic rings. The molecule has 0 amide bonds. The highest BCUT2D eigenvalue weighted by molar-refractivity contribution is 5.24. The number of tetrazole rings is 1. The highest BCUT2D eigenvalue weighted by atomic mass is 16.6. The number of aryl methyl sites for hydroxylation is 1. The maximum atomic E-state index is 10.1. The molecule has 2 heterocycles. The predicted octanol–water partition coefficient (Wildman–Crippen LogP) is -1.20. The fraction of sp³-hybridized carbons (Fsp3) is 0.562. The zero-order valence-electron chi connectivity index (χ0n) is 13.8. The number of hydrogen-bond acceptors (Lipinski definition) is 8. The SMILES string of the molecule is CCc1ccc(Cc2nnn([C@@H]3O[C@H](CO)[C@@H](O)[C@H](O)[C@H]3O)n2)cc1. The monoisotopic (exact) mass is 350 g/mol. The molecule has 1 aliphatic heterocycles. The zero-order chi connectivity index (χ0) is 18.0. The quantitative estimate of drug-likeness (QED) is 0.528. The third-order valence-electron chi connectivity index (χ3n) is 4.36. The number of nitrogens with zero attached hydrogens (tertiary/aromatic N) is 4. The molecule has 136 valence electrons. The summed E-state index contributed by atoms with van der Waals surface area (Å²) in [5.74, 6) is 0.432. The minimum absolute atomic E-state index is 0.432. The molecular weight excluding hydrogens is 328 g/mol. The smallest absolute Gasteiger partial charge is 0.199 e. The Morgan fingerprint density at radius 3 is 2.36 bits per heavy atom. The van der Waals surface area contributed by atoms with Crippen molar-refractivity contribution in [2.45, 2.75) is 50.4 Å². The molecule has 3 rings (SSSR count). The van der Waals surface area contributed by atoms with E-state index in [4.69, 9.17) is 4.74 Å². The van der Waals surface area contributed by atoms with Crippen molar-refractivity contribution in [2.24, 2.45) is 0 Å². The molecule has 9 nitrogen and oxygen atoms in total. The molecule has 1 saturated heterocycles. The molecule has 0 unspecified atom stereocenters. The van der Waals surface area contributed by atoms with Gasteiger partial charge in [-0.1, -0.05) is 31.2 Å². The standard InChI is InChI=1S/C16H22N4O5/c1-2-9-3-5-10(6-4-9)7-12-17-19-20(18-12)16-15(24)14(23)13(22)11(8-21)25-16/h3-6,11,13-16,21-24H,2,7-8H2,1H3/t11-,13-,14+,15-,16-/m1/s1. The highest BCUT2D eigenvalue weighted by Gasteiger charge is 2.45. The lowest BCUT2D eigenvalue weighted by Crippen LogP contribution is -2.56. The summed E-state index contributed by atoms with van der Waals surface area (Å²) in [6, 6.07) is 8.06. The molecular formula is C16H22N4O5. The second-order valence-corrected chi connectivity index (χ2v) is 6.09. The van der Waals surface area contributed by atoms with Crippen molar-refractivity contribution in [1.29, 1.82) is 0 Å². The molecule has 2 aromatic rings. The van der Waals surface area contributed by atoms with Crippen LogP contribution in [0.5, 0.6) is 0 Å². The maximum absolute atomic E-state index is 10.1. The second kappa shape index (κ2) is 7.54. The largest absolute Gasteiger partial charge is 0.394 e. The van der Waals surface area contributed by atoms with Crippen LogP contribution in [-0.4, -0.2) is 71.7 Å². The topological polar surface area (TPSA) is 134 Å². The normalized spacial score (nSPS) is 29.7. The number of benzene rings is 1. The molecule has 1 fully saturated rings. The molecule has 4 N–H and O–H groups in total. The van der Waals surface area contributed by atoms with Crippen LogP contribution >= 0.6 is 0 Å². The lowest BCUT2D eigenvalue weighted by atomic mass is 9.99. The van der Waals surface area contributed by atoms with Gasteiger partial charge in [-0.25, -0.2) is 0 Å². The third-order valence-corrected chi connectivity index (χ3v) is 4.36. The van der Waals surface area contributed by atoms with Crippen LogP contribution in [0.1, 0.15) is 30.1 Å². The average molecular weight is 350 g/mol. The Labute approximate surface area is 144 Å². The van der Waals surface area contributed by atoms with Crippen molar-refractivity contribution in [3.63, 3.8) is 0 Å². The van der Waals surface area contributed by atoms with Gasteiger partial charge < -0.3 is 25.2 Å². The van der Waals surface area contributed by atoms with Crippen LogP contribution in [0.2, 0.25) is 0 Å². The van der Waals surface area contributed by atoms with Crippen molar-refractivity contribution in [2.75, 3.05) is 6.61 Å². The molecule has 0 bridgehead atoms. The average Bonchev–Trinajstić information content (AvgIpc) is 3.09. The summed E-state index contributed by atoms with van der Waals surface area (Å²) in [7, 11) is 0. The van der Waals surface area contributed by atoms with E-state index in [1.165, 1.54) is 5.56 Å². The van der Waals surface area contributed by atoms with Crippen molar-refractivity contribution < 1.29 is 25.2 Å². The molecule has 0 spiro atoms. The van der Waals surface area contributed by atoms with Crippen LogP contribution in [-0.2, 0) is 17.6 Å². The summed E-state index contributed by atoms with van der Waals surface area (Å²) in [6.45, 7) is 1.58. The summed E-state index contributed by atoms with van der Waals surface area (Å²) in [4.78, 5) is 1.05. The van der Waals surface area contributed by atoms with Crippen LogP contribution in [0.15, 0.2) is 24.3 Å². The number of aromatic nitrogens is 4. The van der Waals surface area contributed by atoms with Gasteiger partial charge in [0.2, 0.25) is 0 Å². The van der Waals surface area contributed by atoms with E-state index in [0.717, 1.165) is 16.8 Å². The van der Waals surface area contributed by atoms with Gasteiger partial charge in [0.25, 0.3) is 0 Å². The number of aliphatic hydroxyl groups is 4. The first kappa shape index (κ1) is 17.9. The minimum Gasteiger partial charge on any atom is -0.394 e. The van der Waals surface area contributed by atoms with Gasteiger partial charge >= 0.3 is 0 Å². The van der Waals surface area contributed by atoms with E-state index in [2.05, 4.69) is 22.3 Å². The second-order valence-electron chi connectivity index (χ2n) is 6.09.